The third-order valence-electron chi connectivity index (χ3n) is 3.02. The number of aliphatic hydroxyl groups excluding tert-OH is 1. The van der Waals surface area contributed by atoms with Crippen LogP contribution in [0.2, 0.25) is 0 Å². The Morgan fingerprint density at radius 2 is 2.07 bits per heavy atom. The van der Waals surface area contributed by atoms with Crippen molar-refractivity contribution in [3.05, 3.63) is 0 Å². The van der Waals surface area contributed by atoms with Crippen molar-refractivity contribution in [3.63, 3.8) is 0 Å². The second-order valence-corrected chi connectivity index (χ2v) is 4.14. The number of carbonyl (C=O) groups excluding carboxylic acids is 1. The first-order valence-electron chi connectivity index (χ1n) is 5.90. The van der Waals surface area contributed by atoms with Crippen LogP contribution < -0.4 is 5.73 Å². The molecule has 0 radical (unpaired) electrons. The van der Waals surface area contributed by atoms with Gasteiger partial charge in [-0.3, -0.25) is 4.79 Å². The van der Waals surface area contributed by atoms with Gasteiger partial charge in [0.15, 0.2) is 0 Å². The highest BCUT2D eigenvalue weighted by Gasteiger charge is 2.25. The van der Waals surface area contributed by atoms with E-state index in [4.69, 9.17) is 10.8 Å². The predicted molar refractivity (Wildman–Crippen MR) is 59.3 cm³/mol. The minimum atomic E-state index is 0.0604. The molecule has 0 heterocycles. The lowest BCUT2D eigenvalue weighted by Crippen LogP contribution is -2.40. The van der Waals surface area contributed by atoms with Gasteiger partial charge in [-0.05, 0) is 25.8 Å². The summed E-state index contributed by atoms with van der Waals surface area (Å²) in [6, 6.07) is 0.363. The Kier molecular flexibility index (Phi) is 5.65. The molecule has 0 aromatic carbocycles. The Morgan fingerprint density at radius 1 is 1.40 bits per heavy atom. The lowest BCUT2D eigenvalue weighted by molar-refractivity contribution is -0.134. The molecule has 1 aliphatic carbocycles. The van der Waals surface area contributed by atoms with E-state index in [1.807, 2.05) is 4.90 Å². The van der Waals surface area contributed by atoms with Crippen molar-refractivity contribution >= 4 is 5.91 Å². The van der Waals surface area contributed by atoms with Crippen molar-refractivity contribution < 1.29 is 9.90 Å². The van der Waals surface area contributed by atoms with E-state index in [0.29, 0.717) is 25.6 Å². The second-order valence-electron chi connectivity index (χ2n) is 4.14. The molecule has 4 heteroatoms. The zero-order valence-corrected chi connectivity index (χ0v) is 9.32. The van der Waals surface area contributed by atoms with Crippen LogP contribution in [0.3, 0.4) is 0 Å². The van der Waals surface area contributed by atoms with Gasteiger partial charge >= 0.3 is 0 Å². The van der Waals surface area contributed by atoms with Crippen LogP contribution in [0.1, 0.15) is 38.5 Å². The number of rotatable bonds is 6. The van der Waals surface area contributed by atoms with Crippen LogP contribution in [0.25, 0.3) is 0 Å². The molecule has 0 bridgehead atoms. The SMILES string of the molecule is NCCCC(=O)N(CCO)C1CCCC1. The Morgan fingerprint density at radius 3 is 2.60 bits per heavy atom. The molecule has 0 aromatic rings. The Balaban J connectivity index is 2.43. The van der Waals surface area contributed by atoms with E-state index in [9.17, 15) is 4.79 Å². The molecular weight excluding hydrogens is 192 g/mol. The lowest BCUT2D eigenvalue weighted by atomic mass is 10.2. The van der Waals surface area contributed by atoms with Gasteiger partial charge in [0, 0.05) is 19.0 Å². The molecule has 1 saturated carbocycles. The van der Waals surface area contributed by atoms with E-state index >= 15 is 0 Å². The number of hydrogen-bond acceptors (Lipinski definition) is 3. The summed E-state index contributed by atoms with van der Waals surface area (Å²) >= 11 is 0. The zero-order valence-electron chi connectivity index (χ0n) is 9.32. The molecule has 0 aromatic heterocycles. The third kappa shape index (κ3) is 3.80. The first-order valence-corrected chi connectivity index (χ1v) is 5.90. The van der Waals surface area contributed by atoms with Crippen LogP contribution in [0.15, 0.2) is 0 Å². The van der Waals surface area contributed by atoms with Gasteiger partial charge in [-0.2, -0.15) is 0 Å². The molecule has 88 valence electrons. The van der Waals surface area contributed by atoms with Crippen molar-refractivity contribution in [3.8, 4) is 0 Å². The van der Waals surface area contributed by atoms with Gasteiger partial charge in [0.05, 0.1) is 6.61 Å². The van der Waals surface area contributed by atoms with Crippen LogP contribution in [0.4, 0.5) is 0 Å². The summed E-state index contributed by atoms with van der Waals surface area (Å²) in [5, 5.41) is 8.95. The monoisotopic (exact) mass is 214 g/mol. The molecule has 1 fully saturated rings. The van der Waals surface area contributed by atoms with E-state index in [1.165, 1.54) is 12.8 Å². The number of amides is 1. The summed E-state index contributed by atoms with van der Waals surface area (Å²) in [5.74, 6) is 0.154. The molecule has 0 saturated heterocycles. The van der Waals surface area contributed by atoms with Gasteiger partial charge in [-0.15, -0.1) is 0 Å². The maximum Gasteiger partial charge on any atom is 0.222 e. The molecule has 3 N–H and O–H groups in total. The molecule has 1 aliphatic rings. The molecular formula is C11H22N2O2. The number of hydrogen-bond donors (Lipinski definition) is 2. The zero-order chi connectivity index (χ0) is 11.1. The normalized spacial score (nSPS) is 16.9. The standard InChI is InChI=1S/C11H22N2O2/c12-7-3-6-11(15)13(8-9-14)10-4-1-2-5-10/h10,14H,1-9,12H2. The van der Waals surface area contributed by atoms with E-state index in [0.717, 1.165) is 19.3 Å². The van der Waals surface area contributed by atoms with E-state index < -0.39 is 0 Å². The van der Waals surface area contributed by atoms with Gasteiger partial charge in [-0.25, -0.2) is 0 Å². The van der Waals surface area contributed by atoms with Gasteiger partial charge in [0.1, 0.15) is 0 Å². The molecule has 0 spiro atoms. The largest absolute Gasteiger partial charge is 0.395 e. The van der Waals surface area contributed by atoms with Crippen LogP contribution in [0.5, 0.6) is 0 Å². The highest BCUT2D eigenvalue weighted by molar-refractivity contribution is 5.76. The summed E-state index contributed by atoms with van der Waals surface area (Å²) in [7, 11) is 0. The van der Waals surface area contributed by atoms with Crippen molar-refractivity contribution in [1.29, 1.82) is 0 Å². The number of nitrogens with two attached hydrogens (primary N) is 1. The van der Waals surface area contributed by atoms with Gasteiger partial charge in [0.25, 0.3) is 0 Å². The van der Waals surface area contributed by atoms with Crippen LogP contribution in [0, 0.1) is 0 Å². The topological polar surface area (TPSA) is 66.6 Å². The number of nitrogens with zero attached hydrogens (tertiary/aromatic N) is 1. The Labute approximate surface area is 91.4 Å². The smallest absolute Gasteiger partial charge is 0.222 e. The number of aliphatic hydroxyl groups is 1. The van der Waals surface area contributed by atoms with Crippen molar-refractivity contribution in [2.75, 3.05) is 19.7 Å². The first kappa shape index (κ1) is 12.5. The van der Waals surface area contributed by atoms with E-state index in [1.54, 1.807) is 0 Å². The Hall–Kier alpha value is -0.610. The van der Waals surface area contributed by atoms with Crippen LogP contribution >= 0.6 is 0 Å². The number of carbonyl (C=O) groups is 1. The minimum Gasteiger partial charge on any atom is -0.395 e. The van der Waals surface area contributed by atoms with Crippen molar-refractivity contribution in [1.82, 2.24) is 4.90 Å². The van der Waals surface area contributed by atoms with E-state index in [2.05, 4.69) is 0 Å². The third-order valence-corrected chi connectivity index (χ3v) is 3.02. The molecule has 4 nitrogen and oxygen atoms in total. The van der Waals surface area contributed by atoms with Crippen LogP contribution in [-0.2, 0) is 4.79 Å². The average Bonchev–Trinajstić information content (AvgIpc) is 2.75. The fourth-order valence-electron chi connectivity index (χ4n) is 2.23. The van der Waals surface area contributed by atoms with Gasteiger partial charge in [0.2, 0.25) is 5.91 Å². The van der Waals surface area contributed by atoms with Crippen LogP contribution in [-0.4, -0.2) is 41.7 Å². The molecule has 1 amide bonds. The molecule has 1 rings (SSSR count). The van der Waals surface area contributed by atoms with Crippen molar-refractivity contribution in [2.24, 2.45) is 5.73 Å². The first-order chi connectivity index (χ1) is 7.29. The quantitative estimate of drug-likeness (QED) is 0.676. The lowest BCUT2D eigenvalue weighted by Gasteiger charge is -2.28. The second kappa shape index (κ2) is 6.80. The summed E-state index contributed by atoms with van der Waals surface area (Å²) in [6.45, 7) is 1.10. The summed E-state index contributed by atoms with van der Waals surface area (Å²) in [6.07, 6.45) is 5.86. The van der Waals surface area contributed by atoms with Gasteiger partial charge in [-0.1, -0.05) is 12.8 Å². The van der Waals surface area contributed by atoms with E-state index in [-0.39, 0.29) is 12.5 Å². The highest BCUT2D eigenvalue weighted by Crippen LogP contribution is 2.23. The average molecular weight is 214 g/mol. The van der Waals surface area contributed by atoms with Gasteiger partial charge < -0.3 is 15.7 Å². The summed E-state index contributed by atoms with van der Waals surface area (Å²) < 4.78 is 0. The maximum absolute atomic E-state index is 11.8. The Bertz CT molecular complexity index is 191. The highest BCUT2D eigenvalue weighted by atomic mass is 16.3. The molecule has 0 aliphatic heterocycles. The molecule has 0 unspecified atom stereocenters. The maximum atomic E-state index is 11.8. The predicted octanol–water partition coefficient (Wildman–Crippen LogP) is 0.489. The molecule has 15 heavy (non-hydrogen) atoms. The summed E-state index contributed by atoms with van der Waals surface area (Å²) in [4.78, 5) is 13.7. The minimum absolute atomic E-state index is 0.0604. The summed E-state index contributed by atoms with van der Waals surface area (Å²) in [5.41, 5.74) is 5.38. The fourth-order valence-corrected chi connectivity index (χ4v) is 2.23. The van der Waals surface area contributed by atoms with Crippen molar-refractivity contribution in [2.45, 2.75) is 44.6 Å². The molecule has 0 atom stereocenters. The fraction of sp³-hybridized carbons (Fsp3) is 0.909.